The van der Waals surface area contributed by atoms with Gasteiger partial charge in [0.2, 0.25) is 0 Å². The second kappa shape index (κ2) is 5.91. The molecule has 1 N–H and O–H groups in total. The number of hydrogen-bond donors (Lipinski definition) is 1. The van der Waals surface area contributed by atoms with Crippen molar-refractivity contribution in [1.29, 1.82) is 0 Å². The SMILES string of the molecule is CCNC1CC(c2ccc(I)cc2)C1(CC)CC. The molecule has 1 fully saturated rings. The van der Waals surface area contributed by atoms with Crippen LogP contribution in [0.5, 0.6) is 0 Å². The van der Waals surface area contributed by atoms with Crippen LogP contribution in [0.3, 0.4) is 0 Å². The predicted molar refractivity (Wildman–Crippen MR) is 87.0 cm³/mol. The van der Waals surface area contributed by atoms with Crippen LogP contribution in [-0.2, 0) is 0 Å². The number of nitrogens with one attached hydrogen (secondary N) is 1. The Morgan fingerprint density at radius 2 is 1.78 bits per heavy atom. The molecule has 2 atom stereocenters. The zero-order valence-corrected chi connectivity index (χ0v) is 13.8. The number of rotatable bonds is 5. The molecule has 1 aliphatic carbocycles. The molecule has 0 bridgehead atoms. The van der Waals surface area contributed by atoms with E-state index in [4.69, 9.17) is 0 Å². The maximum absolute atomic E-state index is 3.68. The van der Waals surface area contributed by atoms with E-state index in [0.29, 0.717) is 11.5 Å². The summed E-state index contributed by atoms with van der Waals surface area (Å²) in [6.07, 6.45) is 3.85. The summed E-state index contributed by atoms with van der Waals surface area (Å²) in [6.45, 7) is 8.01. The molecule has 2 unspecified atom stereocenters. The van der Waals surface area contributed by atoms with Crippen molar-refractivity contribution in [3.05, 3.63) is 33.4 Å². The average molecular weight is 357 g/mol. The molecule has 1 aliphatic rings. The van der Waals surface area contributed by atoms with Crippen LogP contribution in [0.25, 0.3) is 0 Å². The highest BCUT2D eigenvalue weighted by molar-refractivity contribution is 14.1. The van der Waals surface area contributed by atoms with Crippen molar-refractivity contribution in [2.24, 2.45) is 5.41 Å². The Morgan fingerprint density at radius 3 is 2.28 bits per heavy atom. The molecule has 0 saturated heterocycles. The molecular formula is C16H24IN. The number of benzene rings is 1. The third-order valence-electron chi connectivity index (χ3n) is 4.90. The monoisotopic (exact) mass is 357 g/mol. The molecule has 1 nitrogen and oxygen atoms in total. The van der Waals surface area contributed by atoms with Crippen molar-refractivity contribution >= 4 is 22.6 Å². The molecule has 0 amide bonds. The van der Waals surface area contributed by atoms with Gasteiger partial charge < -0.3 is 5.32 Å². The Bertz CT molecular complexity index is 381. The van der Waals surface area contributed by atoms with E-state index in [1.54, 1.807) is 0 Å². The van der Waals surface area contributed by atoms with Crippen LogP contribution in [0.2, 0.25) is 0 Å². The molecule has 0 spiro atoms. The zero-order valence-electron chi connectivity index (χ0n) is 11.7. The van der Waals surface area contributed by atoms with E-state index in [-0.39, 0.29) is 0 Å². The van der Waals surface area contributed by atoms with Gasteiger partial charge in [0.05, 0.1) is 0 Å². The van der Waals surface area contributed by atoms with Gasteiger partial charge in [-0.3, -0.25) is 0 Å². The summed E-state index contributed by atoms with van der Waals surface area (Å²) in [7, 11) is 0. The summed E-state index contributed by atoms with van der Waals surface area (Å²) >= 11 is 2.38. The summed E-state index contributed by atoms with van der Waals surface area (Å²) in [5.74, 6) is 0.744. The predicted octanol–water partition coefficient (Wildman–Crippen LogP) is 4.56. The Labute approximate surface area is 125 Å². The highest BCUT2D eigenvalue weighted by Gasteiger charge is 2.52. The van der Waals surface area contributed by atoms with Crippen molar-refractivity contribution in [2.45, 2.75) is 52.0 Å². The molecule has 1 aromatic rings. The molecule has 0 heterocycles. The Morgan fingerprint density at radius 1 is 1.17 bits per heavy atom. The summed E-state index contributed by atoms with van der Waals surface area (Å²) < 4.78 is 1.33. The fourth-order valence-electron chi connectivity index (χ4n) is 3.72. The fourth-order valence-corrected chi connectivity index (χ4v) is 4.08. The lowest BCUT2D eigenvalue weighted by molar-refractivity contribution is 0.0210. The topological polar surface area (TPSA) is 12.0 Å². The molecule has 2 heteroatoms. The number of halogens is 1. The van der Waals surface area contributed by atoms with E-state index in [1.165, 1.54) is 28.4 Å². The van der Waals surface area contributed by atoms with Gasteiger partial charge in [0, 0.05) is 9.61 Å². The van der Waals surface area contributed by atoms with Crippen molar-refractivity contribution in [2.75, 3.05) is 6.54 Å². The minimum Gasteiger partial charge on any atom is -0.314 e. The second-order valence-corrected chi connectivity index (χ2v) is 6.64. The first-order valence-corrected chi connectivity index (χ1v) is 8.24. The average Bonchev–Trinajstić information content (AvgIpc) is 2.37. The van der Waals surface area contributed by atoms with E-state index in [9.17, 15) is 0 Å². The van der Waals surface area contributed by atoms with E-state index in [1.807, 2.05) is 0 Å². The van der Waals surface area contributed by atoms with Crippen LogP contribution in [0, 0.1) is 8.99 Å². The van der Waals surface area contributed by atoms with Crippen molar-refractivity contribution in [1.82, 2.24) is 5.32 Å². The Kier molecular flexibility index (Phi) is 4.70. The maximum atomic E-state index is 3.68. The molecule has 0 aliphatic heterocycles. The zero-order chi connectivity index (χ0) is 13.2. The van der Waals surface area contributed by atoms with Gasteiger partial charge in [-0.2, -0.15) is 0 Å². The van der Waals surface area contributed by atoms with Gasteiger partial charge in [-0.25, -0.2) is 0 Å². The molecule has 100 valence electrons. The van der Waals surface area contributed by atoms with Crippen LogP contribution in [-0.4, -0.2) is 12.6 Å². The number of hydrogen-bond acceptors (Lipinski definition) is 1. The standard InChI is InChI=1S/C16H24IN/c1-4-16(5-2)14(11-15(16)18-6-3)12-7-9-13(17)10-8-12/h7-10,14-15,18H,4-6,11H2,1-3H3. The summed E-state index contributed by atoms with van der Waals surface area (Å²) in [5, 5.41) is 3.68. The molecule has 0 aromatic heterocycles. The van der Waals surface area contributed by atoms with E-state index < -0.39 is 0 Å². The molecule has 0 radical (unpaired) electrons. The lowest BCUT2D eigenvalue weighted by Gasteiger charge is -2.56. The van der Waals surface area contributed by atoms with Crippen LogP contribution >= 0.6 is 22.6 Å². The highest BCUT2D eigenvalue weighted by atomic mass is 127. The van der Waals surface area contributed by atoms with E-state index in [2.05, 4.69) is 72.9 Å². The van der Waals surface area contributed by atoms with Gasteiger partial charge in [-0.15, -0.1) is 0 Å². The van der Waals surface area contributed by atoms with E-state index >= 15 is 0 Å². The molecule has 1 aromatic carbocycles. The lowest BCUT2D eigenvalue weighted by Crippen LogP contribution is -2.58. The van der Waals surface area contributed by atoms with Gasteiger partial charge in [0.15, 0.2) is 0 Å². The van der Waals surface area contributed by atoms with Gasteiger partial charge in [-0.05, 0) is 77.4 Å². The Hall–Kier alpha value is -0.0900. The van der Waals surface area contributed by atoms with Crippen molar-refractivity contribution in [3.63, 3.8) is 0 Å². The summed E-state index contributed by atoms with van der Waals surface area (Å²) in [6, 6.07) is 9.85. The first kappa shape index (κ1) is 14.3. The van der Waals surface area contributed by atoms with Gasteiger partial charge in [-0.1, -0.05) is 32.9 Å². The first-order valence-electron chi connectivity index (χ1n) is 7.16. The highest BCUT2D eigenvalue weighted by Crippen LogP contribution is 2.57. The molecule has 1 saturated carbocycles. The first-order chi connectivity index (χ1) is 8.67. The third kappa shape index (κ3) is 2.34. The summed E-state index contributed by atoms with van der Waals surface area (Å²) in [5.41, 5.74) is 2.01. The van der Waals surface area contributed by atoms with Gasteiger partial charge in [0.1, 0.15) is 0 Å². The minimum atomic E-state index is 0.475. The minimum absolute atomic E-state index is 0.475. The quantitative estimate of drug-likeness (QED) is 0.762. The van der Waals surface area contributed by atoms with Crippen LogP contribution < -0.4 is 5.32 Å². The van der Waals surface area contributed by atoms with Crippen molar-refractivity contribution < 1.29 is 0 Å². The maximum Gasteiger partial charge on any atom is 0.0135 e. The molecular weight excluding hydrogens is 333 g/mol. The van der Waals surface area contributed by atoms with Gasteiger partial charge in [0.25, 0.3) is 0 Å². The Balaban J connectivity index is 2.21. The smallest absolute Gasteiger partial charge is 0.0135 e. The summed E-state index contributed by atoms with van der Waals surface area (Å²) in [4.78, 5) is 0. The fraction of sp³-hybridized carbons (Fsp3) is 0.625. The normalized spacial score (nSPS) is 25.8. The lowest BCUT2D eigenvalue weighted by atomic mass is 9.52. The van der Waals surface area contributed by atoms with Crippen molar-refractivity contribution in [3.8, 4) is 0 Å². The van der Waals surface area contributed by atoms with E-state index in [0.717, 1.165) is 12.5 Å². The van der Waals surface area contributed by atoms with Crippen LogP contribution in [0.4, 0.5) is 0 Å². The largest absolute Gasteiger partial charge is 0.314 e. The van der Waals surface area contributed by atoms with Gasteiger partial charge >= 0.3 is 0 Å². The van der Waals surface area contributed by atoms with Crippen LogP contribution in [0.15, 0.2) is 24.3 Å². The second-order valence-electron chi connectivity index (χ2n) is 5.39. The molecule has 2 rings (SSSR count). The molecule has 18 heavy (non-hydrogen) atoms. The third-order valence-corrected chi connectivity index (χ3v) is 5.62. The van der Waals surface area contributed by atoms with Crippen LogP contribution in [0.1, 0.15) is 51.5 Å².